The summed E-state index contributed by atoms with van der Waals surface area (Å²) in [6, 6.07) is 6.30. The van der Waals surface area contributed by atoms with E-state index in [-0.39, 0.29) is 6.04 Å². The molecule has 2 rings (SSSR count). The van der Waals surface area contributed by atoms with Crippen LogP contribution >= 0.6 is 11.3 Å². The Morgan fingerprint density at radius 1 is 1.29 bits per heavy atom. The van der Waals surface area contributed by atoms with Gasteiger partial charge in [0.05, 0.1) is 29.0 Å². The van der Waals surface area contributed by atoms with Crippen LogP contribution in [0, 0.1) is 13.8 Å². The van der Waals surface area contributed by atoms with E-state index in [1.165, 1.54) is 5.56 Å². The summed E-state index contributed by atoms with van der Waals surface area (Å²) in [6.45, 7) is 7.30. The molecule has 1 N–H and O–H groups in total. The maximum absolute atomic E-state index is 5.80. The van der Waals surface area contributed by atoms with Crippen molar-refractivity contribution in [3.63, 3.8) is 0 Å². The number of ether oxygens (including phenoxy) is 2. The molecule has 0 aliphatic heterocycles. The molecule has 4 nitrogen and oxygen atoms in total. The van der Waals surface area contributed by atoms with Crippen LogP contribution in [0.15, 0.2) is 23.6 Å². The lowest BCUT2D eigenvalue weighted by atomic mass is 10.2. The van der Waals surface area contributed by atoms with E-state index in [1.807, 2.05) is 19.1 Å². The monoisotopic (exact) mass is 306 g/mol. The van der Waals surface area contributed by atoms with E-state index in [1.54, 1.807) is 18.4 Å². The number of hydrogen-bond acceptors (Lipinski definition) is 5. The average molecular weight is 306 g/mol. The summed E-state index contributed by atoms with van der Waals surface area (Å²) in [6.07, 6.45) is 0. The third kappa shape index (κ3) is 4.44. The Balaban J connectivity index is 2.10. The highest BCUT2D eigenvalue weighted by atomic mass is 32.1. The van der Waals surface area contributed by atoms with Gasteiger partial charge in [-0.05, 0) is 38.5 Å². The Kier molecular flexibility index (Phi) is 5.59. The van der Waals surface area contributed by atoms with Gasteiger partial charge in [0.25, 0.3) is 0 Å². The third-order valence-corrected chi connectivity index (χ3v) is 3.93. The molecule has 1 aromatic carbocycles. The van der Waals surface area contributed by atoms with Crippen LogP contribution < -0.4 is 10.1 Å². The zero-order chi connectivity index (χ0) is 15.2. The van der Waals surface area contributed by atoms with Crippen LogP contribution in [0.5, 0.6) is 5.75 Å². The average Bonchev–Trinajstić information content (AvgIpc) is 2.88. The lowest BCUT2D eigenvalue weighted by molar-refractivity contribution is 0.146. The maximum Gasteiger partial charge on any atom is 0.142 e. The number of hydrogen-bond donors (Lipinski definition) is 1. The van der Waals surface area contributed by atoms with Gasteiger partial charge in [0, 0.05) is 12.5 Å². The normalized spacial score (nSPS) is 12.2. The highest BCUT2D eigenvalue weighted by molar-refractivity contribution is 7.09. The first kappa shape index (κ1) is 15.8. The minimum Gasteiger partial charge on any atom is -0.489 e. The number of nitrogens with one attached hydrogen (secondary N) is 1. The Morgan fingerprint density at radius 3 is 2.76 bits per heavy atom. The Hall–Kier alpha value is -1.59. The van der Waals surface area contributed by atoms with Crippen molar-refractivity contribution in [1.29, 1.82) is 0 Å². The minimum absolute atomic E-state index is 0.141. The summed E-state index contributed by atoms with van der Waals surface area (Å²) in [5, 5.41) is 6.65. The van der Waals surface area contributed by atoms with Crippen LogP contribution in [0.3, 0.4) is 0 Å². The fourth-order valence-corrected chi connectivity index (χ4v) is 2.70. The molecule has 0 spiro atoms. The molecule has 1 heterocycles. The molecule has 1 aromatic heterocycles. The van der Waals surface area contributed by atoms with Crippen molar-refractivity contribution < 1.29 is 9.47 Å². The highest BCUT2D eigenvalue weighted by Crippen LogP contribution is 2.29. The van der Waals surface area contributed by atoms with Crippen LogP contribution in [-0.2, 0) is 4.74 Å². The number of anilines is 1. The van der Waals surface area contributed by atoms with E-state index in [2.05, 4.69) is 35.6 Å². The van der Waals surface area contributed by atoms with Gasteiger partial charge in [0.1, 0.15) is 12.4 Å². The topological polar surface area (TPSA) is 43.4 Å². The SMILES string of the molecule is COCCOc1cc(C)ccc1NC(C)c1csc(C)n1. The molecule has 1 unspecified atom stereocenters. The summed E-state index contributed by atoms with van der Waals surface area (Å²) >= 11 is 1.67. The first-order chi connectivity index (χ1) is 10.1. The van der Waals surface area contributed by atoms with Crippen molar-refractivity contribution in [2.45, 2.75) is 26.8 Å². The van der Waals surface area contributed by atoms with Gasteiger partial charge in [0.15, 0.2) is 0 Å². The van der Waals surface area contributed by atoms with Gasteiger partial charge >= 0.3 is 0 Å². The number of benzene rings is 1. The van der Waals surface area contributed by atoms with Gasteiger partial charge in [-0.25, -0.2) is 4.98 Å². The van der Waals surface area contributed by atoms with Crippen LogP contribution in [0.1, 0.15) is 29.2 Å². The number of rotatable bonds is 7. The van der Waals surface area contributed by atoms with Crippen molar-refractivity contribution in [3.05, 3.63) is 39.8 Å². The summed E-state index contributed by atoms with van der Waals surface area (Å²) in [5.74, 6) is 0.853. The number of thiazole rings is 1. The molecule has 0 bridgehead atoms. The fourth-order valence-electron chi connectivity index (χ4n) is 1.99. The van der Waals surface area contributed by atoms with Gasteiger partial charge in [-0.1, -0.05) is 6.07 Å². The van der Waals surface area contributed by atoms with Gasteiger partial charge in [-0.3, -0.25) is 0 Å². The summed E-state index contributed by atoms with van der Waals surface area (Å²) in [7, 11) is 1.67. The highest BCUT2D eigenvalue weighted by Gasteiger charge is 2.12. The van der Waals surface area contributed by atoms with E-state index in [0.717, 1.165) is 22.1 Å². The van der Waals surface area contributed by atoms with E-state index < -0.39 is 0 Å². The van der Waals surface area contributed by atoms with Crippen molar-refractivity contribution in [3.8, 4) is 5.75 Å². The lowest BCUT2D eigenvalue weighted by Crippen LogP contribution is -2.10. The van der Waals surface area contributed by atoms with Gasteiger partial charge in [0.2, 0.25) is 0 Å². The molecular formula is C16H22N2O2S. The minimum atomic E-state index is 0.141. The van der Waals surface area contributed by atoms with E-state index in [0.29, 0.717) is 13.2 Å². The zero-order valence-corrected chi connectivity index (χ0v) is 13.8. The number of aromatic nitrogens is 1. The number of nitrogens with zero attached hydrogens (tertiary/aromatic N) is 1. The number of methoxy groups -OCH3 is 1. The molecule has 0 fully saturated rings. The summed E-state index contributed by atoms with van der Waals surface area (Å²) < 4.78 is 10.8. The predicted molar refractivity (Wildman–Crippen MR) is 87.4 cm³/mol. The van der Waals surface area contributed by atoms with Gasteiger partial charge in [-0.2, -0.15) is 0 Å². The predicted octanol–water partition coefficient (Wildman–Crippen LogP) is 3.96. The first-order valence-electron chi connectivity index (χ1n) is 7.01. The first-order valence-corrected chi connectivity index (χ1v) is 7.89. The van der Waals surface area contributed by atoms with E-state index in [4.69, 9.17) is 9.47 Å². The van der Waals surface area contributed by atoms with Crippen molar-refractivity contribution in [2.24, 2.45) is 0 Å². The molecule has 0 saturated heterocycles. The molecular weight excluding hydrogens is 284 g/mol. The second kappa shape index (κ2) is 7.43. The van der Waals surface area contributed by atoms with Crippen LogP contribution in [0.2, 0.25) is 0 Å². The lowest BCUT2D eigenvalue weighted by Gasteiger charge is -2.17. The second-order valence-electron chi connectivity index (χ2n) is 5.00. The Morgan fingerprint density at radius 2 is 2.10 bits per heavy atom. The van der Waals surface area contributed by atoms with Crippen LogP contribution in [-0.4, -0.2) is 25.3 Å². The number of aryl methyl sites for hydroxylation is 2. The van der Waals surface area contributed by atoms with Crippen molar-refractivity contribution >= 4 is 17.0 Å². The Bertz CT molecular complexity index is 583. The molecule has 114 valence electrons. The molecule has 0 aliphatic rings. The summed E-state index contributed by atoms with van der Waals surface area (Å²) in [4.78, 5) is 4.52. The zero-order valence-electron chi connectivity index (χ0n) is 13.0. The van der Waals surface area contributed by atoms with E-state index in [9.17, 15) is 0 Å². The van der Waals surface area contributed by atoms with Crippen LogP contribution in [0.25, 0.3) is 0 Å². The molecule has 5 heteroatoms. The maximum atomic E-state index is 5.80. The van der Waals surface area contributed by atoms with E-state index >= 15 is 0 Å². The largest absolute Gasteiger partial charge is 0.489 e. The summed E-state index contributed by atoms with van der Waals surface area (Å²) in [5.41, 5.74) is 3.21. The molecule has 0 radical (unpaired) electrons. The smallest absolute Gasteiger partial charge is 0.142 e. The molecule has 0 saturated carbocycles. The fraction of sp³-hybridized carbons (Fsp3) is 0.438. The molecule has 0 amide bonds. The van der Waals surface area contributed by atoms with Crippen molar-refractivity contribution in [2.75, 3.05) is 25.6 Å². The molecule has 2 aromatic rings. The quantitative estimate of drug-likeness (QED) is 0.786. The molecule has 0 aliphatic carbocycles. The third-order valence-electron chi connectivity index (χ3n) is 3.13. The molecule has 21 heavy (non-hydrogen) atoms. The van der Waals surface area contributed by atoms with Crippen molar-refractivity contribution in [1.82, 2.24) is 4.98 Å². The molecule has 1 atom stereocenters. The van der Waals surface area contributed by atoms with Gasteiger partial charge < -0.3 is 14.8 Å². The van der Waals surface area contributed by atoms with Crippen LogP contribution in [0.4, 0.5) is 5.69 Å². The standard InChI is InChI=1S/C16H22N2O2S/c1-11-5-6-14(16(9-11)20-8-7-19-4)17-12(2)15-10-21-13(3)18-15/h5-6,9-10,12,17H,7-8H2,1-4H3. The van der Waals surface area contributed by atoms with Gasteiger partial charge in [-0.15, -0.1) is 11.3 Å². The Labute approximate surface area is 130 Å². The second-order valence-corrected chi connectivity index (χ2v) is 6.06.